The number of piperidine rings is 3. The number of aromatic nitrogens is 1. The first-order chi connectivity index (χ1) is 13.6. The second-order valence-electron chi connectivity index (χ2n) is 8.70. The zero-order valence-corrected chi connectivity index (χ0v) is 17.0. The molecule has 0 N–H and O–H groups in total. The van der Waals surface area contributed by atoms with Gasteiger partial charge in [-0.3, -0.25) is 9.69 Å². The van der Waals surface area contributed by atoms with Crippen molar-refractivity contribution in [2.24, 2.45) is 5.92 Å². The van der Waals surface area contributed by atoms with Crippen LogP contribution < -0.4 is 0 Å². The van der Waals surface area contributed by atoms with Gasteiger partial charge < -0.3 is 9.32 Å². The van der Waals surface area contributed by atoms with E-state index in [0.29, 0.717) is 35.9 Å². The van der Waals surface area contributed by atoms with Gasteiger partial charge in [0.1, 0.15) is 0 Å². The molecule has 1 aromatic heterocycles. The Morgan fingerprint density at radius 2 is 1.86 bits per heavy atom. The quantitative estimate of drug-likeness (QED) is 0.818. The second kappa shape index (κ2) is 6.73. The van der Waals surface area contributed by atoms with E-state index in [9.17, 15) is 4.79 Å². The average molecular weight is 380 g/mol. The first-order valence-corrected chi connectivity index (χ1v) is 10.6. The third-order valence-electron chi connectivity index (χ3n) is 7.10. The highest BCUT2D eigenvalue weighted by Crippen LogP contribution is 2.47. The standard InChI is InChI=1S/C23H29N3O2/c1-4-19-24-15(3)22(28-19)23(27)26-13-18(16-7-5-14(2)6-8-16)21-20(26)17-9-11-25(21)12-10-17/h5-8,17-18,20-21H,4,9-13H2,1-3H3/t18-,20+,21+/m0/s1. The average Bonchev–Trinajstić information content (AvgIpc) is 3.31. The fourth-order valence-electron chi connectivity index (χ4n) is 5.69. The minimum absolute atomic E-state index is 0.0306. The molecular formula is C23H29N3O2. The molecule has 148 valence electrons. The van der Waals surface area contributed by atoms with Crippen molar-refractivity contribution in [1.82, 2.24) is 14.8 Å². The van der Waals surface area contributed by atoms with E-state index < -0.39 is 0 Å². The summed E-state index contributed by atoms with van der Waals surface area (Å²) in [5.41, 5.74) is 3.35. The minimum Gasteiger partial charge on any atom is -0.435 e. The third-order valence-corrected chi connectivity index (χ3v) is 7.10. The number of fused-ring (bicyclic) bond motifs is 2. The van der Waals surface area contributed by atoms with Gasteiger partial charge in [0, 0.05) is 24.9 Å². The molecule has 0 saturated carbocycles. The van der Waals surface area contributed by atoms with Crippen LogP contribution >= 0.6 is 0 Å². The molecule has 2 aromatic rings. The molecule has 6 rings (SSSR count). The van der Waals surface area contributed by atoms with Gasteiger partial charge in [-0.2, -0.15) is 0 Å². The highest BCUT2D eigenvalue weighted by molar-refractivity contribution is 5.93. The van der Waals surface area contributed by atoms with Crippen LogP contribution in [-0.2, 0) is 6.42 Å². The van der Waals surface area contributed by atoms with Gasteiger partial charge in [-0.1, -0.05) is 36.8 Å². The molecule has 4 saturated heterocycles. The Kier molecular flexibility index (Phi) is 4.31. The molecule has 1 amide bonds. The lowest BCUT2D eigenvalue weighted by Crippen LogP contribution is -2.60. The fraction of sp³-hybridized carbons (Fsp3) is 0.565. The van der Waals surface area contributed by atoms with Crippen LogP contribution in [0.2, 0.25) is 0 Å². The second-order valence-corrected chi connectivity index (χ2v) is 8.70. The number of hydrogen-bond donors (Lipinski definition) is 0. The number of aryl methyl sites for hydroxylation is 3. The monoisotopic (exact) mass is 379 g/mol. The van der Waals surface area contributed by atoms with Crippen LogP contribution in [0.3, 0.4) is 0 Å². The van der Waals surface area contributed by atoms with E-state index in [4.69, 9.17) is 4.42 Å². The summed E-state index contributed by atoms with van der Waals surface area (Å²) in [5.74, 6) is 2.09. The van der Waals surface area contributed by atoms with Crippen molar-refractivity contribution in [3.8, 4) is 0 Å². The summed E-state index contributed by atoms with van der Waals surface area (Å²) < 4.78 is 5.84. The SMILES string of the molecule is CCc1nc(C)c(C(=O)N2C[C@@H](c3ccc(C)cc3)[C@@H]3[C@H]2C2CCN3CC2)o1. The summed E-state index contributed by atoms with van der Waals surface area (Å²) in [6.45, 7) is 9.12. The van der Waals surface area contributed by atoms with E-state index in [1.54, 1.807) is 0 Å². The van der Waals surface area contributed by atoms with Crippen molar-refractivity contribution in [2.75, 3.05) is 19.6 Å². The highest BCUT2D eigenvalue weighted by Gasteiger charge is 2.55. The molecule has 1 aromatic carbocycles. The maximum absolute atomic E-state index is 13.5. The molecule has 4 aliphatic heterocycles. The molecule has 0 radical (unpaired) electrons. The van der Waals surface area contributed by atoms with E-state index >= 15 is 0 Å². The topological polar surface area (TPSA) is 49.6 Å². The Labute approximate surface area is 166 Å². The number of oxazole rings is 1. The summed E-state index contributed by atoms with van der Waals surface area (Å²) in [4.78, 5) is 22.7. The number of benzene rings is 1. The molecule has 3 atom stereocenters. The van der Waals surface area contributed by atoms with Gasteiger partial charge in [-0.15, -0.1) is 0 Å². The molecule has 5 heterocycles. The van der Waals surface area contributed by atoms with Crippen molar-refractivity contribution in [3.05, 3.63) is 52.7 Å². The Balaban J connectivity index is 1.52. The minimum atomic E-state index is 0.0306. The van der Waals surface area contributed by atoms with E-state index in [-0.39, 0.29) is 11.9 Å². The maximum atomic E-state index is 13.5. The molecule has 5 nitrogen and oxygen atoms in total. The molecule has 0 unspecified atom stereocenters. The summed E-state index contributed by atoms with van der Waals surface area (Å²) in [6, 6.07) is 9.61. The Bertz CT molecular complexity index is 880. The van der Waals surface area contributed by atoms with Gasteiger partial charge >= 0.3 is 0 Å². The van der Waals surface area contributed by atoms with E-state index in [1.165, 1.54) is 24.0 Å². The third kappa shape index (κ3) is 2.71. The predicted octanol–water partition coefficient (Wildman–Crippen LogP) is 3.56. The summed E-state index contributed by atoms with van der Waals surface area (Å²) in [6.07, 6.45) is 3.10. The first-order valence-electron chi connectivity index (χ1n) is 10.6. The molecule has 5 heteroatoms. The Morgan fingerprint density at radius 3 is 2.50 bits per heavy atom. The van der Waals surface area contributed by atoms with Crippen LogP contribution in [0.1, 0.15) is 58.9 Å². The number of likely N-dealkylation sites (tertiary alicyclic amines) is 1. The largest absolute Gasteiger partial charge is 0.435 e. The molecule has 4 fully saturated rings. The highest BCUT2D eigenvalue weighted by atomic mass is 16.4. The normalized spacial score (nSPS) is 31.2. The lowest BCUT2D eigenvalue weighted by atomic mass is 9.75. The van der Waals surface area contributed by atoms with Crippen molar-refractivity contribution >= 4 is 5.91 Å². The van der Waals surface area contributed by atoms with Crippen LogP contribution in [0.25, 0.3) is 0 Å². The van der Waals surface area contributed by atoms with Gasteiger partial charge in [0.15, 0.2) is 5.89 Å². The molecule has 0 spiro atoms. The number of nitrogens with zero attached hydrogens (tertiary/aromatic N) is 3. The predicted molar refractivity (Wildman–Crippen MR) is 107 cm³/mol. The van der Waals surface area contributed by atoms with Crippen molar-refractivity contribution in [1.29, 1.82) is 0 Å². The van der Waals surface area contributed by atoms with Crippen LogP contribution in [0, 0.1) is 19.8 Å². The molecule has 2 bridgehead atoms. The van der Waals surface area contributed by atoms with Gasteiger partial charge in [0.25, 0.3) is 5.91 Å². The molecule has 4 aliphatic rings. The van der Waals surface area contributed by atoms with Crippen LogP contribution in [0.5, 0.6) is 0 Å². The number of amides is 1. The van der Waals surface area contributed by atoms with Crippen LogP contribution in [0.4, 0.5) is 0 Å². The first kappa shape index (κ1) is 17.9. The van der Waals surface area contributed by atoms with Crippen molar-refractivity contribution in [2.45, 2.75) is 58.0 Å². The zero-order valence-electron chi connectivity index (χ0n) is 17.0. The summed E-state index contributed by atoms with van der Waals surface area (Å²) in [7, 11) is 0. The number of hydrogen-bond acceptors (Lipinski definition) is 4. The Hall–Kier alpha value is -2.14. The number of carbonyl (C=O) groups excluding carboxylic acids is 1. The summed E-state index contributed by atoms with van der Waals surface area (Å²) >= 11 is 0. The summed E-state index contributed by atoms with van der Waals surface area (Å²) in [5, 5.41) is 0. The molecule has 28 heavy (non-hydrogen) atoms. The lowest BCUT2D eigenvalue weighted by molar-refractivity contribution is -0.00435. The van der Waals surface area contributed by atoms with Crippen molar-refractivity contribution in [3.63, 3.8) is 0 Å². The Morgan fingerprint density at radius 1 is 1.14 bits per heavy atom. The smallest absolute Gasteiger partial charge is 0.291 e. The molecular weight excluding hydrogens is 350 g/mol. The van der Waals surface area contributed by atoms with Gasteiger partial charge in [-0.05, 0) is 51.3 Å². The maximum Gasteiger partial charge on any atom is 0.291 e. The van der Waals surface area contributed by atoms with Gasteiger partial charge in [-0.25, -0.2) is 4.98 Å². The zero-order chi connectivity index (χ0) is 19.4. The van der Waals surface area contributed by atoms with Gasteiger partial charge in [0.2, 0.25) is 5.76 Å². The van der Waals surface area contributed by atoms with Crippen LogP contribution in [0.15, 0.2) is 28.7 Å². The lowest BCUT2D eigenvalue weighted by Gasteiger charge is -2.51. The van der Waals surface area contributed by atoms with Gasteiger partial charge in [0.05, 0.1) is 11.7 Å². The van der Waals surface area contributed by atoms with E-state index in [1.807, 2.05) is 13.8 Å². The van der Waals surface area contributed by atoms with E-state index in [0.717, 1.165) is 25.3 Å². The number of rotatable bonds is 3. The van der Waals surface area contributed by atoms with Crippen LogP contribution in [-0.4, -0.2) is 52.4 Å². The van der Waals surface area contributed by atoms with Crippen molar-refractivity contribution < 1.29 is 9.21 Å². The van der Waals surface area contributed by atoms with E-state index in [2.05, 4.69) is 46.0 Å². The molecule has 0 aliphatic carbocycles. The fourth-order valence-corrected chi connectivity index (χ4v) is 5.69. The number of carbonyl (C=O) groups is 1.